The molecular weight excluding hydrogens is 382 g/mol. The normalized spacial score (nSPS) is 10.6. The SMILES string of the molecule is COc1ccc(-c2ccc3ccccc3c2Oc2ccc([N+](=O)[O-])cc2)cc1OC. The summed E-state index contributed by atoms with van der Waals surface area (Å²) in [7, 11) is 3.19. The smallest absolute Gasteiger partial charge is 0.269 e. The Balaban J connectivity index is 1.85. The molecule has 0 saturated heterocycles. The van der Waals surface area contributed by atoms with Crippen LogP contribution in [0, 0.1) is 10.1 Å². The summed E-state index contributed by atoms with van der Waals surface area (Å²) in [5.41, 5.74) is 1.78. The molecule has 0 saturated carbocycles. The van der Waals surface area contributed by atoms with Crippen LogP contribution >= 0.6 is 0 Å². The van der Waals surface area contributed by atoms with Crippen molar-refractivity contribution in [3.8, 4) is 34.1 Å². The lowest BCUT2D eigenvalue weighted by Crippen LogP contribution is -1.94. The van der Waals surface area contributed by atoms with Crippen molar-refractivity contribution >= 4 is 16.5 Å². The molecule has 0 aliphatic carbocycles. The second-order valence-electron chi connectivity index (χ2n) is 6.59. The van der Waals surface area contributed by atoms with E-state index in [1.165, 1.54) is 12.1 Å². The number of rotatable bonds is 6. The summed E-state index contributed by atoms with van der Waals surface area (Å²) in [6.45, 7) is 0. The van der Waals surface area contributed by atoms with Gasteiger partial charge in [0, 0.05) is 23.1 Å². The van der Waals surface area contributed by atoms with E-state index in [1.54, 1.807) is 26.4 Å². The highest BCUT2D eigenvalue weighted by Gasteiger charge is 2.15. The van der Waals surface area contributed by atoms with E-state index in [0.717, 1.165) is 21.9 Å². The van der Waals surface area contributed by atoms with E-state index < -0.39 is 4.92 Å². The van der Waals surface area contributed by atoms with Crippen LogP contribution in [-0.2, 0) is 0 Å². The van der Waals surface area contributed by atoms with E-state index in [4.69, 9.17) is 14.2 Å². The molecule has 0 unspecified atom stereocenters. The zero-order chi connectivity index (χ0) is 21.1. The maximum absolute atomic E-state index is 10.9. The number of ether oxygens (including phenoxy) is 3. The van der Waals surface area contributed by atoms with Gasteiger partial charge in [0.2, 0.25) is 0 Å². The summed E-state index contributed by atoms with van der Waals surface area (Å²) in [6, 6.07) is 23.7. The van der Waals surface area contributed by atoms with Gasteiger partial charge in [-0.2, -0.15) is 0 Å². The number of methoxy groups -OCH3 is 2. The molecule has 4 rings (SSSR count). The number of nitro groups is 1. The fourth-order valence-corrected chi connectivity index (χ4v) is 3.34. The Morgan fingerprint density at radius 3 is 2.23 bits per heavy atom. The standard InChI is InChI=1S/C24H19NO5/c1-28-22-14-8-17(15-23(22)29-2)21-13-7-16-5-3-4-6-20(16)24(21)30-19-11-9-18(10-12-19)25(26)27/h3-15H,1-2H3. The summed E-state index contributed by atoms with van der Waals surface area (Å²) in [5, 5.41) is 12.9. The number of hydrogen-bond acceptors (Lipinski definition) is 5. The van der Waals surface area contributed by atoms with Gasteiger partial charge in [-0.25, -0.2) is 0 Å². The van der Waals surface area contributed by atoms with Crippen molar-refractivity contribution in [2.45, 2.75) is 0 Å². The summed E-state index contributed by atoms with van der Waals surface area (Å²) < 4.78 is 17.0. The number of nitrogens with zero attached hydrogens (tertiary/aromatic N) is 1. The Hall–Kier alpha value is -4.06. The molecule has 0 fully saturated rings. The molecule has 30 heavy (non-hydrogen) atoms. The second kappa shape index (κ2) is 8.13. The van der Waals surface area contributed by atoms with Crippen LogP contribution in [0.15, 0.2) is 78.9 Å². The number of non-ortho nitro benzene ring substituents is 1. The first-order valence-electron chi connectivity index (χ1n) is 9.27. The van der Waals surface area contributed by atoms with E-state index in [-0.39, 0.29) is 5.69 Å². The quantitative estimate of drug-likeness (QED) is 0.283. The number of fused-ring (bicyclic) bond motifs is 1. The lowest BCUT2D eigenvalue weighted by atomic mass is 9.99. The first-order valence-corrected chi connectivity index (χ1v) is 9.27. The van der Waals surface area contributed by atoms with Crippen LogP contribution in [-0.4, -0.2) is 19.1 Å². The Bertz CT molecular complexity index is 1220. The fraction of sp³-hybridized carbons (Fsp3) is 0.0833. The molecule has 0 radical (unpaired) electrons. The maximum Gasteiger partial charge on any atom is 0.269 e. The fourth-order valence-electron chi connectivity index (χ4n) is 3.34. The van der Waals surface area contributed by atoms with Crippen molar-refractivity contribution in [1.29, 1.82) is 0 Å². The third-order valence-electron chi connectivity index (χ3n) is 4.84. The monoisotopic (exact) mass is 401 g/mol. The van der Waals surface area contributed by atoms with Crippen molar-refractivity contribution in [2.24, 2.45) is 0 Å². The molecule has 6 nitrogen and oxygen atoms in total. The lowest BCUT2D eigenvalue weighted by Gasteiger charge is -2.16. The average Bonchev–Trinajstić information content (AvgIpc) is 2.79. The topological polar surface area (TPSA) is 70.8 Å². The zero-order valence-corrected chi connectivity index (χ0v) is 16.5. The molecule has 0 aliphatic heterocycles. The van der Waals surface area contributed by atoms with E-state index >= 15 is 0 Å². The molecular formula is C24H19NO5. The minimum Gasteiger partial charge on any atom is -0.493 e. The van der Waals surface area contributed by atoms with Crippen molar-refractivity contribution in [2.75, 3.05) is 14.2 Å². The minimum absolute atomic E-state index is 0.0142. The van der Waals surface area contributed by atoms with Gasteiger partial charge in [0.25, 0.3) is 5.69 Å². The van der Waals surface area contributed by atoms with Crippen molar-refractivity contribution in [3.05, 3.63) is 89.0 Å². The third kappa shape index (κ3) is 3.63. The van der Waals surface area contributed by atoms with Gasteiger partial charge in [-0.3, -0.25) is 10.1 Å². The molecule has 4 aromatic carbocycles. The van der Waals surface area contributed by atoms with E-state index in [9.17, 15) is 10.1 Å². The highest BCUT2D eigenvalue weighted by molar-refractivity contribution is 5.95. The Morgan fingerprint density at radius 2 is 1.53 bits per heavy atom. The average molecular weight is 401 g/mol. The van der Waals surface area contributed by atoms with E-state index in [2.05, 4.69) is 0 Å². The predicted molar refractivity (Wildman–Crippen MR) is 116 cm³/mol. The summed E-state index contributed by atoms with van der Waals surface area (Å²) in [5.74, 6) is 2.43. The van der Waals surface area contributed by atoms with Crippen LogP contribution in [0.3, 0.4) is 0 Å². The van der Waals surface area contributed by atoms with E-state index in [1.807, 2.05) is 54.6 Å². The molecule has 0 amide bonds. The largest absolute Gasteiger partial charge is 0.493 e. The molecule has 0 atom stereocenters. The van der Waals surface area contributed by atoms with E-state index in [0.29, 0.717) is 23.0 Å². The van der Waals surface area contributed by atoms with Crippen molar-refractivity contribution in [1.82, 2.24) is 0 Å². The van der Waals surface area contributed by atoms with Crippen LogP contribution in [0.5, 0.6) is 23.0 Å². The molecule has 4 aromatic rings. The summed E-state index contributed by atoms with van der Waals surface area (Å²) >= 11 is 0. The molecule has 6 heteroatoms. The molecule has 0 bridgehead atoms. The Kier molecular flexibility index (Phi) is 5.22. The van der Waals surface area contributed by atoms with Gasteiger partial charge >= 0.3 is 0 Å². The molecule has 0 spiro atoms. The minimum atomic E-state index is -0.434. The maximum atomic E-state index is 10.9. The van der Waals surface area contributed by atoms with Crippen molar-refractivity contribution < 1.29 is 19.1 Å². The van der Waals surface area contributed by atoms with Crippen LogP contribution in [0.25, 0.3) is 21.9 Å². The predicted octanol–water partition coefficient (Wildman–Crippen LogP) is 6.22. The highest BCUT2D eigenvalue weighted by Crippen LogP contribution is 2.42. The highest BCUT2D eigenvalue weighted by atomic mass is 16.6. The zero-order valence-electron chi connectivity index (χ0n) is 16.5. The molecule has 150 valence electrons. The first kappa shape index (κ1) is 19.3. The van der Waals surface area contributed by atoms with Gasteiger partial charge in [-0.1, -0.05) is 36.4 Å². The molecule has 0 heterocycles. The van der Waals surface area contributed by atoms with Gasteiger partial charge in [0.05, 0.1) is 19.1 Å². The second-order valence-corrected chi connectivity index (χ2v) is 6.59. The van der Waals surface area contributed by atoms with Crippen LogP contribution < -0.4 is 14.2 Å². The van der Waals surface area contributed by atoms with Crippen molar-refractivity contribution in [3.63, 3.8) is 0 Å². The summed E-state index contributed by atoms with van der Waals surface area (Å²) in [6.07, 6.45) is 0. The number of benzene rings is 4. The number of hydrogen-bond donors (Lipinski definition) is 0. The van der Waals surface area contributed by atoms with Gasteiger partial charge in [-0.15, -0.1) is 0 Å². The lowest BCUT2D eigenvalue weighted by molar-refractivity contribution is -0.384. The summed E-state index contributed by atoms with van der Waals surface area (Å²) in [4.78, 5) is 10.5. The van der Waals surface area contributed by atoms with Crippen LogP contribution in [0.2, 0.25) is 0 Å². The number of nitro benzene ring substituents is 1. The van der Waals surface area contributed by atoms with Crippen LogP contribution in [0.1, 0.15) is 0 Å². The van der Waals surface area contributed by atoms with Gasteiger partial charge < -0.3 is 14.2 Å². The van der Waals surface area contributed by atoms with Gasteiger partial charge in [-0.05, 0) is 41.3 Å². The first-order chi connectivity index (χ1) is 14.6. The Morgan fingerprint density at radius 1 is 0.800 bits per heavy atom. The Labute approximate surface area is 173 Å². The molecule has 0 aromatic heterocycles. The molecule has 0 aliphatic rings. The molecule has 0 N–H and O–H groups in total. The van der Waals surface area contributed by atoms with Gasteiger partial charge in [0.1, 0.15) is 11.5 Å². The van der Waals surface area contributed by atoms with Gasteiger partial charge in [0.15, 0.2) is 11.5 Å². The third-order valence-corrected chi connectivity index (χ3v) is 4.84. The van der Waals surface area contributed by atoms with Crippen LogP contribution in [0.4, 0.5) is 5.69 Å².